The average Bonchev–Trinajstić information content (AvgIpc) is 2.59. The summed E-state index contributed by atoms with van der Waals surface area (Å²) in [4.78, 5) is 26.3. The fourth-order valence-electron chi connectivity index (χ4n) is 2.79. The standard InChI is InChI=1S/C18H16F2N2O2/c19-14-7-6-13(11-15(14)20)18(24)22-9-8-21-17(23)16(22)10-12-4-2-1-3-5-12/h1-7,11,16H,8-10H2,(H,21,23)/t16-/m0/s1. The van der Waals surface area contributed by atoms with Crippen molar-refractivity contribution in [3.8, 4) is 0 Å². The van der Waals surface area contributed by atoms with Gasteiger partial charge in [0.15, 0.2) is 11.6 Å². The molecule has 1 N–H and O–H groups in total. The van der Waals surface area contributed by atoms with Crippen molar-refractivity contribution in [2.24, 2.45) is 0 Å². The van der Waals surface area contributed by atoms with Gasteiger partial charge in [-0.1, -0.05) is 30.3 Å². The number of nitrogens with one attached hydrogen (secondary N) is 1. The number of piperazine rings is 1. The molecule has 2 amide bonds. The van der Waals surface area contributed by atoms with Gasteiger partial charge in [0.05, 0.1) is 0 Å². The fraction of sp³-hybridized carbons (Fsp3) is 0.222. The number of benzene rings is 2. The highest BCUT2D eigenvalue weighted by Crippen LogP contribution is 2.17. The fourth-order valence-corrected chi connectivity index (χ4v) is 2.79. The van der Waals surface area contributed by atoms with Crippen molar-refractivity contribution in [3.63, 3.8) is 0 Å². The van der Waals surface area contributed by atoms with E-state index >= 15 is 0 Å². The minimum absolute atomic E-state index is 0.0293. The Morgan fingerprint density at radius 3 is 2.58 bits per heavy atom. The van der Waals surface area contributed by atoms with Gasteiger partial charge >= 0.3 is 0 Å². The van der Waals surface area contributed by atoms with Crippen LogP contribution in [0.4, 0.5) is 8.78 Å². The summed E-state index contributed by atoms with van der Waals surface area (Å²) in [5.41, 5.74) is 0.948. The maximum absolute atomic E-state index is 13.4. The van der Waals surface area contributed by atoms with Crippen LogP contribution >= 0.6 is 0 Å². The average molecular weight is 330 g/mol. The van der Waals surface area contributed by atoms with Gasteiger partial charge in [-0.25, -0.2) is 8.78 Å². The van der Waals surface area contributed by atoms with E-state index in [9.17, 15) is 18.4 Å². The van der Waals surface area contributed by atoms with Gasteiger partial charge in [0, 0.05) is 25.1 Å². The zero-order valence-electron chi connectivity index (χ0n) is 12.8. The summed E-state index contributed by atoms with van der Waals surface area (Å²) in [6, 6.07) is 11.7. The van der Waals surface area contributed by atoms with Crippen LogP contribution in [0.25, 0.3) is 0 Å². The Morgan fingerprint density at radius 1 is 1.12 bits per heavy atom. The third-order valence-electron chi connectivity index (χ3n) is 4.03. The van der Waals surface area contributed by atoms with Crippen LogP contribution in [0, 0.1) is 11.6 Å². The van der Waals surface area contributed by atoms with Crippen molar-refractivity contribution in [1.82, 2.24) is 10.2 Å². The Balaban J connectivity index is 1.86. The molecule has 1 heterocycles. The first kappa shape index (κ1) is 16.1. The summed E-state index contributed by atoms with van der Waals surface area (Å²) >= 11 is 0. The lowest BCUT2D eigenvalue weighted by atomic mass is 10.0. The second-order valence-corrected chi connectivity index (χ2v) is 5.62. The number of rotatable bonds is 3. The minimum atomic E-state index is -1.08. The first-order valence-corrected chi connectivity index (χ1v) is 7.64. The van der Waals surface area contributed by atoms with Gasteiger partial charge in [-0.2, -0.15) is 0 Å². The number of halogens is 2. The zero-order chi connectivity index (χ0) is 17.1. The number of nitrogens with zero attached hydrogens (tertiary/aromatic N) is 1. The molecule has 1 atom stereocenters. The maximum Gasteiger partial charge on any atom is 0.254 e. The molecule has 124 valence electrons. The molecule has 0 aromatic heterocycles. The highest BCUT2D eigenvalue weighted by molar-refractivity contribution is 5.98. The van der Waals surface area contributed by atoms with E-state index in [0.717, 1.165) is 17.7 Å². The third kappa shape index (κ3) is 3.27. The predicted octanol–water partition coefficient (Wildman–Crippen LogP) is 2.15. The van der Waals surface area contributed by atoms with Crippen LogP contribution in [0.15, 0.2) is 48.5 Å². The summed E-state index contributed by atoms with van der Waals surface area (Å²) in [5, 5.41) is 2.74. The SMILES string of the molecule is O=C1NCCN(C(=O)c2ccc(F)c(F)c2)[C@H]1Cc1ccccc1. The van der Waals surface area contributed by atoms with E-state index in [2.05, 4.69) is 5.32 Å². The third-order valence-corrected chi connectivity index (χ3v) is 4.03. The smallest absolute Gasteiger partial charge is 0.254 e. The molecule has 24 heavy (non-hydrogen) atoms. The van der Waals surface area contributed by atoms with Gasteiger partial charge in [0.2, 0.25) is 5.91 Å². The topological polar surface area (TPSA) is 49.4 Å². The summed E-state index contributed by atoms with van der Waals surface area (Å²) < 4.78 is 26.5. The number of carbonyl (C=O) groups is 2. The summed E-state index contributed by atoms with van der Waals surface area (Å²) in [7, 11) is 0. The lowest BCUT2D eigenvalue weighted by molar-refractivity contribution is -0.127. The van der Waals surface area contributed by atoms with E-state index in [4.69, 9.17) is 0 Å². The van der Waals surface area contributed by atoms with Crippen molar-refractivity contribution < 1.29 is 18.4 Å². The molecule has 0 spiro atoms. The molecule has 4 nitrogen and oxygen atoms in total. The van der Waals surface area contributed by atoms with Gasteiger partial charge < -0.3 is 10.2 Å². The minimum Gasteiger partial charge on any atom is -0.353 e. The first-order chi connectivity index (χ1) is 11.6. The van der Waals surface area contributed by atoms with E-state index in [1.165, 1.54) is 11.0 Å². The van der Waals surface area contributed by atoms with E-state index in [1.54, 1.807) is 0 Å². The normalized spacial score (nSPS) is 17.5. The summed E-state index contributed by atoms with van der Waals surface area (Å²) in [6.45, 7) is 0.653. The van der Waals surface area contributed by atoms with E-state index in [0.29, 0.717) is 19.5 Å². The molecule has 6 heteroatoms. The Morgan fingerprint density at radius 2 is 1.88 bits per heavy atom. The molecule has 0 saturated carbocycles. The van der Waals surface area contributed by atoms with Crippen molar-refractivity contribution in [2.45, 2.75) is 12.5 Å². The quantitative estimate of drug-likeness (QED) is 0.937. The van der Waals surface area contributed by atoms with Crippen LogP contribution in [0.5, 0.6) is 0 Å². The first-order valence-electron chi connectivity index (χ1n) is 7.64. The van der Waals surface area contributed by atoms with Crippen LogP contribution in [0.1, 0.15) is 15.9 Å². The van der Waals surface area contributed by atoms with Gasteiger partial charge in [-0.3, -0.25) is 9.59 Å². The van der Waals surface area contributed by atoms with Gasteiger partial charge in [0.1, 0.15) is 6.04 Å². The lowest BCUT2D eigenvalue weighted by Crippen LogP contribution is -2.58. The number of carbonyl (C=O) groups excluding carboxylic acids is 2. The molecule has 0 unspecified atom stereocenters. The monoisotopic (exact) mass is 330 g/mol. The predicted molar refractivity (Wildman–Crippen MR) is 84.3 cm³/mol. The molecule has 1 aliphatic rings. The number of hydrogen-bond acceptors (Lipinski definition) is 2. The summed E-state index contributed by atoms with van der Waals surface area (Å²) in [6.07, 6.45) is 0.363. The van der Waals surface area contributed by atoms with Crippen LogP contribution in [-0.4, -0.2) is 35.8 Å². The number of hydrogen-bond donors (Lipinski definition) is 1. The van der Waals surface area contributed by atoms with Gasteiger partial charge in [-0.15, -0.1) is 0 Å². The Hall–Kier alpha value is -2.76. The van der Waals surface area contributed by atoms with Crippen LogP contribution in [0.2, 0.25) is 0 Å². The molecule has 0 bridgehead atoms. The molecular weight excluding hydrogens is 314 g/mol. The molecule has 0 radical (unpaired) electrons. The van der Waals surface area contributed by atoms with Crippen LogP contribution in [0.3, 0.4) is 0 Å². The van der Waals surface area contributed by atoms with E-state index < -0.39 is 23.6 Å². The van der Waals surface area contributed by atoms with Gasteiger partial charge in [-0.05, 0) is 23.8 Å². The zero-order valence-corrected chi connectivity index (χ0v) is 12.8. The van der Waals surface area contributed by atoms with E-state index in [-0.39, 0.29) is 11.5 Å². The highest BCUT2D eigenvalue weighted by Gasteiger charge is 2.33. The molecule has 2 aromatic carbocycles. The molecule has 2 aromatic rings. The highest BCUT2D eigenvalue weighted by atomic mass is 19.2. The molecule has 1 aliphatic heterocycles. The van der Waals surface area contributed by atoms with Crippen LogP contribution in [-0.2, 0) is 11.2 Å². The Bertz CT molecular complexity index is 765. The lowest BCUT2D eigenvalue weighted by Gasteiger charge is -2.35. The molecule has 1 saturated heterocycles. The number of amides is 2. The second kappa shape index (κ2) is 6.78. The van der Waals surface area contributed by atoms with Crippen molar-refractivity contribution in [2.75, 3.05) is 13.1 Å². The van der Waals surface area contributed by atoms with Gasteiger partial charge in [0.25, 0.3) is 5.91 Å². The Labute approximate surface area is 138 Å². The molecule has 0 aliphatic carbocycles. The molecular formula is C18H16F2N2O2. The van der Waals surface area contributed by atoms with Crippen LogP contribution < -0.4 is 5.32 Å². The van der Waals surface area contributed by atoms with Crippen molar-refractivity contribution >= 4 is 11.8 Å². The maximum atomic E-state index is 13.4. The van der Waals surface area contributed by atoms with E-state index in [1.807, 2.05) is 30.3 Å². The molecule has 1 fully saturated rings. The largest absolute Gasteiger partial charge is 0.353 e. The van der Waals surface area contributed by atoms with Crippen molar-refractivity contribution in [1.29, 1.82) is 0 Å². The Kier molecular flexibility index (Phi) is 4.55. The molecule has 3 rings (SSSR count). The van der Waals surface area contributed by atoms with Crippen molar-refractivity contribution in [3.05, 3.63) is 71.3 Å². The summed E-state index contributed by atoms with van der Waals surface area (Å²) in [5.74, 6) is -2.82. The second-order valence-electron chi connectivity index (χ2n) is 5.62.